The molecule has 1 saturated heterocycles. The van der Waals surface area contributed by atoms with Crippen molar-refractivity contribution in [2.75, 3.05) is 13.1 Å². The SMILES string of the molecule is C[C@@H]1C[C@@H](C)CN(C(=O)Cn2ncc3c([nH]c4ccccc43)c2=O)C1. The summed E-state index contributed by atoms with van der Waals surface area (Å²) in [5.74, 6) is 0.950. The van der Waals surface area contributed by atoms with Gasteiger partial charge in [0.2, 0.25) is 5.91 Å². The Bertz CT molecular complexity index is 993. The minimum absolute atomic E-state index is 0.0103. The monoisotopic (exact) mass is 338 g/mol. The molecule has 1 fully saturated rings. The zero-order valence-corrected chi connectivity index (χ0v) is 14.5. The van der Waals surface area contributed by atoms with E-state index in [-0.39, 0.29) is 18.0 Å². The predicted molar refractivity (Wildman–Crippen MR) is 97.4 cm³/mol. The van der Waals surface area contributed by atoms with Crippen LogP contribution in [0.25, 0.3) is 21.8 Å². The summed E-state index contributed by atoms with van der Waals surface area (Å²) in [6.45, 7) is 5.83. The van der Waals surface area contributed by atoms with Crippen LogP contribution in [0.5, 0.6) is 0 Å². The number of carbonyl (C=O) groups excluding carboxylic acids is 1. The van der Waals surface area contributed by atoms with Crippen LogP contribution in [0.3, 0.4) is 0 Å². The van der Waals surface area contributed by atoms with E-state index in [4.69, 9.17) is 0 Å². The van der Waals surface area contributed by atoms with Crippen LogP contribution in [0.15, 0.2) is 35.3 Å². The molecule has 1 N–H and O–H groups in total. The molecule has 0 bridgehead atoms. The van der Waals surface area contributed by atoms with Gasteiger partial charge < -0.3 is 9.88 Å². The Labute approximate surface area is 145 Å². The molecular weight excluding hydrogens is 316 g/mol. The molecule has 6 heteroatoms. The van der Waals surface area contributed by atoms with Gasteiger partial charge in [0.1, 0.15) is 12.1 Å². The summed E-state index contributed by atoms with van der Waals surface area (Å²) in [4.78, 5) is 30.4. The van der Waals surface area contributed by atoms with E-state index in [0.717, 1.165) is 35.8 Å². The fourth-order valence-corrected chi connectivity index (χ4v) is 3.98. The lowest BCUT2D eigenvalue weighted by molar-refractivity contribution is -0.134. The van der Waals surface area contributed by atoms with Crippen molar-refractivity contribution in [2.45, 2.75) is 26.8 Å². The number of hydrogen-bond donors (Lipinski definition) is 1. The zero-order chi connectivity index (χ0) is 17.6. The number of para-hydroxylation sites is 1. The Balaban J connectivity index is 1.65. The fraction of sp³-hybridized carbons (Fsp3) is 0.421. The highest BCUT2D eigenvalue weighted by Gasteiger charge is 2.26. The molecule has 0 aliphatic carbocycles. The summed E-state index contributed by atoms with van der Waals surface area (Å²) < 4.78 is 1.27. The second kappa shape index (κ2) is 6.02. The molecule has 3 aromatic rings. The number of H-pyrrole nitrogens is 1. The van der Waals surface area contributed by atoms with E-state index in [2.05, 4.69) is 23.9 Å². The highest BCUT2D eigenvalue weighted by molar-refractivity contribution is 6.06. The largest absolute Gasteiger partial charge is 0.350 e. The van der Waals surface area contributed by atoms with Gasteiger partial charge in [-0.05, 0) is 24.3 Å². The van der Waals surface area contributed by atoms with Crippen LogP contribution in [0.4, 0.5) is 0 Å². The molecule has 2 aromatic heterocycles. The number of carbonyl (C=O) groups is 1. The van der Waals surface area contributed by atoms with Crippen molar-refractivity contribution >= 4 is 27.7 Å². The maximum atomic E-state index is 12.7. The number of hydrogen-bond acceptors (Lipinski definition) is 3. The average Bonchev–Trinajstić information content (AvgIpc) is 2.96. The van der Waals surface area contributed by atoms with Gasteiger partial charge in [0.05, 0.1) is 6.20 Å². The number of likely N-dealkylation sites (tertiary alicyclic amines) is 1. The van der Waals surface area contributed by atoms with Crippen molar-refractivity contribution in [3.05, 3.63) is 40.8 Å². The highest BCUT2D eigenvalue weighted by Crippen LogP contribution is 2.22. The first-order valence-corrected chi connectivity index (χ1v) is 8.77. The van der Waals surface area contributed by atoms with Gasteiger partial charge in [-0.15, -0.1) is 0 Å². The normalized spacial score (nSPS) is 21.1. The number of rotatable bonds is 2. The molecule has 1 aliphatic rings. The van der Waals surface area contributed by atoms with Gasteiger partial charge in [-0.1, -0.05) is 32.0 Å². The van der Waals surface area contributed by atoms with E-state index >= 15 is 0 Å². The first-order chi connectivity index (χ1) is 12.0. The minimum Gasteiger partial charge on any atom is -0.350 e. The summed E-state index contributed by atoms with van der Waals surface area (Å²) in [7, 11) is 0. The van der Waals surface area contributed by atoms with E-state index in [1.807, 2.05) is 29.2 Å². The molecule has 0 saturated carbocycles. The summed E-state index contributed by atoms with van der Waals surface area (Å²) in [5.41, 5.74) is 1.16. The molecule has 1 amide bonds. The van der Waals surface area contributed by atoms with Crippen molar-refractivity contribution in [3.63, 3.8) is 0 Å². The Morgan fingerprint density at radius 3 is 2.68 bits per heavy atom. The van der Waals surface area contributed by atoms with Crippen LogP contribution in [-0.4, -0.2) is 38.7 Å². The minimum atomic E-state index is -0.250. The summed E-state index contributed by atoms with van der Waals surface area (Å²) in [6, 6.07) is 7.75. The maximum Gasteiger partial charge on any atom is 0.291 e. The molecule has 4 rings (SSSR count). The number of piperidine rings is 1. The number of nitrogens with one attached hydrogen (secondary N) is 1. The van der Waals surface area contributed by atoms with Crippen molar-refractivity contribution in [3.8, 4) is 0 Å². The first-order valence-electron chi connectivity index (χ1n) is 8.77. The summed E-state index contributed by atoms with van der Waals surface area (Å²) in [6.07, 6.45) is 2.81. The Morgan fingerprint density at radius 2 is 1.92 bits per heavy atom. The van der Waals surface area contributed by atoms with Crippen LogP contribution in [0.2, 0.25) is 0 Å². The van der Waals surface area contributed by atoms with Crippen molar-refractivity contribution in [1.29, 1.82) is 0 Å². The van der Waals surface area contributed by atoms with Gasteiger partial charge in [-0.2, -0.15) is 5.10 Å². The van der Waals surface area contributed by atoms with Gasteiger partial charge in [0.25, 0.3) is 5.56 Å². The fourth-order valence-electron chi connectivity index (χ4n) is 3.98. The van der Waals surface area contributed by atoms with E-state index in [1.165, 1.54) is 4.68 Å². The summed E-state index contributed by atoms with van der Waals surface area (Å²) in [5, 5.41) is 6.01. The van der Waals surface area contributed by atoms with Gasteiger partial charge in [-0.3, -0.25) is 9.59 Å². The Hall–Kier alpha value is -2.63. The second-order valence-corrected chi connectivity index (χ2v) is 7.31. The summed E-state index contributed by atoms with van der Waals surface area (Å²) >= 11 is 0. The molecule has 6 nitrogen and oxygen atoms in total. The van der Waals surface area contributed by atoms with Crippen LogP contribution < -0.4 is 5.56 Å². The molecule has 1 aliphatic heterocycles. The third-order valence-electron chi connectivity index (χ3n) is 5.03. The quantitative estimate of drug-likeness (QED) is 0.780. The lowest BCUT2D eigenvalue weighted by Crippen LogP contribution is -2.45. The number of benzene rings is 1. The van der Waals surface area contributed by atoms with Gasteiger partial charge in [0, 0.05) is 29.4 Å². The highest BCUT2D eigenvalue weighted by atomic mass is 16.2. The topological polar surface area (TPSA) is 71.0 Å². The van der Waals surface area contributed by atoms with Crippen LogP contribution >= 0.6 is 0 Å². The van der Waals surface area contributed by atoms with Gasteiger partial charge in [-0.25, -0.2) is 4.68 Å². The lowest BCUT2D eigenvalue weighted by atomic mass is 9.92. The first kappa shape index (κ1) is 15.9. The van der Waals surface area contributed by atoms with Crippen molar-refractivity contribution in [2.24, 2.45) is 11.8 Å². The molecule has 25 heavy (non-hydrogen) atoms. The Morgan fingerprint density at radius 1 is 1.20 bits per heavy atom. The van der Waals surface area contributed by atoms with Gasteiger partial charge >= 0.3 is 0 Å². The molecule has 0 unspecified atom stereocenters. The third kappa shape index (κ3) is 2.81. The van der Waals surface area contributed by atoms with E-state index in [9.17, 15) is 9.59 Å². The second-order valence-electron chi connectivity index (χ2n) is 7.31. The van der Waals surface area contributed by atoms with E-state index < -0.39 is 0 Å². The molecular formula is C19H22N4O2. The van der Waals surface area contributed by atoms with E-state index in [1.54, 1.807) is 6.20 Å². The average molecular weight is 338 g/mol. The molecule has 0 spiro atoms. The third-order valence-corrected chi connectivity index (χ3v) is 5.03. The molecule has 0 radical (unpaired) electrons. The number of aromatic nitrogens is 3. The number of nitrogens with zero attached hydrogens (tertiary/aromatic N) is 3. The standard InChI is InChI=1S/C19H22N4O2/c1-12-7-13(2)10-22(9-12)17(24)11-23-19(25)18-15(8-20-23)14-5-3-4-6-16(14)21-18/h3-6,8,12-13,21H,7,9-11H2,1-2H3/t12-,13-/m1/s1. The van der Waals surface area contributed by atoms with Gasteiger partial charge in [0.15, 0.2) is 0 Å². The predicted octanol–water partition coefficient (Wildman–Crippen LogP) is 2.38. The molecule has 2 atom stereocenters. The van der Waals surface area contributed by atoms with Crippen molar-refractivity contribution in [1.82, 2.24) is 19.7 Å². The van der Waals surface area contributed by atoms with Crippen LogP contribution in [0, 0.1) is 11.8 Å². The smallest absolute Gasteiger partial charge is 0.291 e. The molecule has 130 valence electrons. The Kier molecular flexibility index (Phi) is 3.82. The zero-order valence-electron chi connectivity index (χ0n) is 14.5. The number of fused-ring (bicyclic) bond motifs is 3. The molecule has 3 heterocycles. The van der Waals surface area contributed by atoms with Crippen LogP contribution in [-0.2, 0) is 11.3 Å². The number of amides is 1. The lowest BCUT2D eigenvalue weighted by Gasteiger charge is -2.35. The maximum absolute atomic E-state index is 12.7. The van der Waals surface area contributed by atoms with Crippen LogP contribution in [0.1, 0.15) is 20.3 Å². The number of aromatic amines is 1. The van der Waals surface area contributed by atoms with E-state index in [0.29, 0.717) is 17.4 Å². The van der Waals surface area contributed by atoms with Crippen molar-refractivity contribution < 1.29 is 4.79 Å². The molecule has 1 aromatic carbocycles.